The molecule has 13 heavy (non-hydrogen) atoms. The van der Waals surface area contributed by atoms with Crippen LogP contribution in [-0.4, -0.2) is 13.9 Å². The molecule has 1 aromatic carbocycles. The lowest BCUT2D eigenvalue weighted by Crippen LogP contribution is -2.22. The third-order valence-corrected chi connectivity index (χ3v) is 1.87. The molecular weight excluding hydrogens is 164 g/mol. The van der Waals surface area contributed by atoms with E-state index in [1.807, 2.05) is 0 Å². The fourth-order valence-electron chi connectivity index (χ4n) is 1.09. The third-order valence-electron chi connectivity index (χ3n) is 1.87. The number of hydrogen-bond acceptors (Lipinski definition) is 1. The maximum absolute atomic E-state index is 13.3. The maximum Gasteiger partial charge on any atom is 0.119 e. The molecule has 0 aliphatic heterocycles. The second kappa shape index (κ2) is 4.24. The first kappa shape index (κ1) is 10.00. The largest absolute Gasteiger partial charge is 0.324 e. The molecular formula is C10H11BFN. The quantitative estimate of drug-likeness (QED) is 0.530. The van der Waals surface area contributed by atoms with Crippen LogP contribution in [0.25, 0.3) is 0 Å². The highest BCUT2D eigenvalue weighted by Gasteiger charge is 2.06. The van der Waals surface area contributed by atoms with Crippen molar-refractivity contribution in [2.45, 2.75) is 12.5 Å². The summed E-state index contributed by atoms with van der Waals surface area (Å²) in [6.07, 6.45) is 2.02. The van der Waals surface area contributed by atoms with E-state index in [4.69, 9.17) is 13.6 Å². The third kappa shape index (κ3) is 2.42. The van der Waals surface area contributed by atoms with E-state index in [2.05, 4.69) is 6.58 Å². The van der Waals surface area contributed by atoms with Gasteiger partial charge in [0.15, 0.2) is 0 Å². The molecule has 1 unspecified atom stereocenters. The number of benzene rings is 1. The first-order valence-electron chi connectivity index (χ1n) is 4.06. The summed E-state index contributed by atoms with van der Waals surface area (Å²) in [5.74, 6) is -0.375. The molecule has 0 saturated carbocycles. The summed E-state index contributed by atoms with van der Waals surface area (Å²) in [4.78, 5) is 0. The highest BCUT2D eigenvalue weighted by molar-refractivity contribution is 6.32. The van der Waals surface area contributed by atoms with Gasteiger partial charge in [0.05, 0.1) is 0 Å². The molecule has 1 rings (SSSR count). The van der Waals surface area contributed by atoms with Gasteiger partial charge in [-0.05, 0) is 12.0 Å². The van der Waals surface area contributed by atoms with Gasteiger partial charge in [-0.15, -0.1) is 6.58 Å². The van der Waals surface area contributed by atoms with E-state index in [1.54, 1.807) is 18.2 Å². The van der Waals surface area contributed by atoms with Crippen LogP contribution in [0.2, 0.25) is 0 Å². The molecule has 0 spiro atoms. The number of halogens is 1. The van der Waals surface area contributed by atoms with Gasteiger partial charge in [0, 0.05) is 6.04 Å². The van der Waals surface area contributed by atoms with Crippen LogP contribution in [0.4, 0.5) is 4.39 Å². The van der Waals surface area contributed by atoms with Crippen molar-refractivity contribution in [2.75, 3.05) is 0 Å². The SMILES string of the molecule is [B]c1cccc(CC(N)C=C)c1F. The molecule has 1 nitrogen and oxygen atoms in total. The first-order chi connectivity index (χ1) is 6.15. The Hall–Kier alpha value is -1.09. The summed E-state index contributed by atoms with van der Waals surface area (Å²) in [5, 5.41) is 0. The molecule has 3 heteroatoms. The van der Waals surface area contributed by atoms with Crippen molar-refractivity contribution in [1.29, 1.82) is 0 Å². The van der Waals surface area contributed by atoms with Crippen LogP contribution < -0.4 is 11.2 Å². The van der Waals surface area contributed by atoms with Gasteiger partial charge >= 0.3 is 0 Å². The average Bonchev–Trinajstić information content (AvgIpc) is 2.13. The fourth-order valence-corrected chi connectivity index (χ4v) is 1.09. The van der Waals surface area contributed by atoms with Crippen LogP contribution in [0, 0.1) is 5.82 Å². The van der Waals surface area contributed by atoms with Crippen molar-refractivity contribution in [3.05, 3.63) is 42.2 Å². The van der Waals surface area contributed by atoms with Gasteiger partial charge in [0.1, 0.15) is 13.7 Å². The lowest BCUT2D eigenvalue weighted by Gasteiger charge is -2.08. The molecule has 2 radical (unpaired) electrons. The van der Waals surface area contributed by atoms with Crippen molar-refractivity contribution in [3.8, 4) is 0 Å². The minimum absolute atomic E-state index is 0.161. The second-order valence-corrected chi connectivity index (χ2v) is 2.92. The zero-order chi connectivity index (χ0) is 9.84. The predicted molar refractivity (Wildman–Crippen MR) is 53.7 cm³/mol. The van der Waals surface area contributed by atoms with E-state index in [0.29, 0.717) is 12.0 Å². The molecule has 0 saturated heterocycles. The molecule has 0 fully saturated rings. The van der Waals surface area contributed by atoms with Crippen molar-refractivity contribution in [1.82, 2.24) is 0 Å². The Kier molecular flexibility index (Phi) is 3.26. The summed E-state index contributed by atoms with van der Waals surface area (Å²) < 4.78 is 13.3. The Morgan fingerprint density at radius 3 is 2.92 bits per heavy atom. The van der Waals surface area contributed by atoms with Crippen LogP contribution in [0.15, 0.2) is 30.9 Å². The molecule has 2 N–H and O–H groups in total. The molecule has 0 amide bonds. The number of rotatable bonds is 3. The lowest BCUT2D eigenvalue weighted by atomic mass is 9.91. The Bertz CT molecular complexity index is 312. The number of nitrogens with two attached hydrogens (primary N) is 1. The average molecular weight is 175 g/mol. The van der Waals surface area contributed by atoms with Gasteiger partial charge in [-0.1, -0.05) is 29.7 Å². The van der Waals surface area contributed by atoms with Gasteiger partial charge in [-0.3, -0.25) is 0 Å². The zero-order valence-electron chi connectivity index (χ0n) is 7.33. The topological polar surface area (TPSA) is 26.0 Å². The van der Waals surface area contributed by atoms with E-state index in [9.17, 15) is 4.39 Å². The monoisotopic (exact) mass is 175 g/mol. The van der Waals surface area contributed by atoms with E-state index >= 15 is 0 Å². The second-order valence-electron chi connectivity index (χ2n) is 2.92. The van der Waals surface area contributed by atoms with Crippen LogP contribution in [-0.2, 0) is 6.42 Å². The predicted octanol–water partition coefficient (Wildman–Crippen LogP) is 0.675. The van der Waals surface area contributed by atoms with Crippen molar-refractivity contribution in [3.63, 3.8) is 0 Å². The molecule has 0 aromatic heterocycles. The highest BCUT2D eigenvalue weighted by atomic mass is 19.1. The molecule has 0 aliphatic rings. The van der Waals surface area contributed by atoms with Crippen LogP contribution >= 0.6 is 0 Å². The normalized spacial score (nSPS) is 12.5. The van der Waals surface area contributed by atoms with Crippen molar-refractivity contribution in [2.24, 2.45) is 5.73 Å². The smallest absolute Gasteiger partial charge is 0.119 e. The Labute approximate surface area is 78.9 Å². The van der Waals surface area contributed by atoms with Gasteiger partial charge in [-0.25, -0.2) is 4.39 Å². The van der Waals surface area contributed by atoms with E-state index in [0.717, 1.165) is 0 Å². The summed E-state index contributed by atoms with van der Waals surface area (Å²) in [6.45, 7) is 3.53. The summed E-state index contributed by atoms with van der Waals surface area (Å²) in [6, 6.07) is 4.69. The molecule has 1 atom stereocenters. The van der Waals surface area contributed by atoms with Gasteiger partial charge in [0.2, 0.25) is 0 Å². The highest BCUT2D eigenvalue weighted by Crippen LogP contribution is 2.06. The van der Waals surface area contributed by atoms with Crippen LogP contribution in [0.5, 0.6) is 0 Å². The van der Waals surface area contributed by atoms with Gasteiger partial charge < -0.3 is 5.73 Å². The lowest BCUT2D eigenvalue weighted by molar-refractivity contribution is 0.610. The minimum Gasteiger partial charge on any atom is -0.324 e. The Morgan fingerprint density at radius 1 is 1.62 bits per heavy atom. The van der Waals surface area contributed by atoms with Crippen LogP contribution in [0.3, 0.4) is 0 Å². The number of hydrogen-bond donors (Lipinski definition) is 1. The first-order valence-corrected chi connectivity index (χ1v) is 4.06. The molecule has 66 valence electrons. The Morgan fingerprint density at radius 2 is 2.31 bits per heavy atom. The van der Waals surface area contributed by atoms with Gasteiger partial charge in [0.25, 0.3) is 0 Å². The Balaban J connectivity index is 2.88. The van der Waals surface area contributed by atoms with E-state index in [-0.39, 0.29) is 17.3 Å². The molecule has 0 heterocycles. The summed E-state index contributed by atoms with van der Waals surface area (Å²) >= 11 is 0. The zero-order valence-corrected chi connectivity index (χ0v) is 7.33. The van der Waals surface area contributed by atoms with E-state index < -0.39 is 0 Å². The molecule has 1 aromatic rings. The van der Waals surface area contributed by atoms with Crippen molar-refractivity contribution >= 4 is 13.3 Å². The minimum atomic E-state index is -0.375. The molecule has 0 bridgehead atoms. The molecule has 0 aliphatic carbocycles. The van der Waals surface area contributed by atoms with Gasteiger partial charge in [-0.2, -0.15) is 0 Å². The standard InChI is InChI=1S/C10H11BFN/c1-2-8(13)6-7-4-3-5-9(11)10(7)12/h2-5,8H,1,6,13H2. The summed E-state index contributed by atoms with van der Waals surface area (Å²) in [7, 11) is 5.40. The van der Waals surface area contributed by atoms with E-state index in [1.165, 1.54) is 6.07 Å². The van der Waals surface area contributed by atoms with Crippen molar-refractivity contribution < 1.29 is 4.39 Å². The maximum atomic E-state index is 13.3. The fraction of sp³-hybridized carbons (Fsp3) is 0.200. The van der Waals surface area contributed by atoms with Crippen LogP contribution in [0.1, 0.15) is 5.56 Å². The summed E-state index contributed by atoms with van der Waals surface area (Å²) in [5.41, 5.74) is 6.29.